The second-order valence-electron chi connectivity index (χ2n) is 4.35. The summed E-state index contributed by atoms with van der Waals surface area (Å²) in [5.74, 6) is 0.987. The van der Waals surface area contributed by atoms with Crippen LogP contribution >= 0.6 is 12.2 Å². The van der Waals surface area contributed by atoms with Crippen molar-refractivity contribution in [1.82, 2.24) is 0 Å². The minimum atomic E-state index is 0.0606. The Balaban J connectivity index is 2.57. The Kier molecular flexibility index (Phi) is 10.3. The lowest BCUT2D eigenvalue weighted by Gasteiger charge is -2.14. The molecule has 0 aromatic heterocycles. The van der Waals surface area contributed by atoms with Gasteiger partial charge in [0.05, 0.1) is 26.4 Å². The first kappa shape index (κ1) is 19.6. The van der Waals surface area contributed by atoms with Crippen LogP contribution in [0.5, 0.6) is 11.5 Å². The highest BCUT2D eigenvalue weighted by Crippen LogP contribution is 2.28. The molecule has 0 saturated carbocycles. The fraction of sp³-hybridized carbons (Fsp3) is 0.533. The van der Waals surface area contributed by atoms with E-state index in [1.807, 2.05) is 0 Å². The fourth-order valence-corrected chi connectivity index (χ4v) is 1.63. The van der Waals surface area contributed by atoms with E-state index < -0.39 is 0 Å². The summed E-state index contributed by atoms with van der Waals surface area (Å²) in [5, 5.41) is 0. The van der Waals surface area contributed by atoms with Crippen molar-refractivity contribution in [2.75, 3.05) is 54.2 Å². The van der Waals surface area contributed by atoms with Gasteiger partial charge in [-0.15, -0.1) is 0 Å². The van der Waals surface area contributed by atoms with Crippen LogP contribution < -0.4 is 15.2 Å². The van der Waals surface area contributed by atoms with E-state index >= 15 is 0 Å². The van der Waals surface area contributed by atoms with E-state index in [2.05, 4.69) is 0 Å². The van der Waals surface area contributed by atoms with Gasteiger partial charge in [-0.25, -0.2) is 0 Å². The Morgan fingerprint density at radius 1 is 0.913 bits per heavy atom. The van der Waals surface area contributed by atoms with Gasteiger partial charge in [0.15, 0.2) is 25.1 Å². The summed E-state index contributed by atoms with van der Waals surface area (Å²) >= 11 is 4.97. The van der Waals surface area contributed by atoms with Crippen LogP contribution in [0, 0.1) is 0 Å². The highest BCUT2D eigenvalue weighted by Gasteiger charge is 2.09. The van der Waals surface area contributed by atoms with Crippen molar-refractivity contribution in [3.8, 4) is 11.5 Å². The number of ether oxygens (including phenoxy) is 6. The molecule has 0 unspecified atom stereocenters. The lowest BCUT2D eigenvalue weighted by atomic mass is 10.2. The standard InChI is InChI=1S/C15H23NO6S/c1-17-5-7-19-10-21-13-4-3-12(15(16)23)9-14(13)22-11-20-8-6-18-2/h3-4,9H,5-8,10-11H2,1-2H3,(H2,16,23). The van der Waals surface area contributed by atoms with Crippen LogP contribution in [0.15, 0.2) is 18.2 Å². The minimum Gasteiger partial charge on any atom is -0.464 e. The van der Waals surface area contributed by atoms with Gasteiger partial charge in [-0.05, 0) is 18.2 Å². The zero-order valence-electron chi connectivity index (χ0n) is 13.4. The molecule has 23 heavy (non-hydrogen) atoms. The van der Waals surface area contributed by atoms with Crippen LogP contribution in [-0.4, -0.2) is 59.2 Å². The summed E-state index contributed by atoms with van der Waals surface area (Å²) in [7, 11) is 3.21. The molecule has 0 saturated heterocycles. The Morgan fingerprint density at radius 2 is 1.48 bits per heavy atom. The molecule has 0 aliphatic heterocycles. The number of hydrogen-bond donors (Lipinski definition) is 1. The third-order valence-electron chi connectivity index (χ3n) is 2.69. The topological polar surface area (TPSA) is 81.4 Å². The lowest BCUT2D eigenvalue weighted by Crippen LogP contribution is -2.13. The van der Waals surface area contributed by atoms with Crippen molar-refractivity contribution < 1.29 is 28.4 Å². The van der Waals surface area contributed by atoms with Gasteiger partial charge >= 0.3 is 0 Å². The van der Waals surface area contributed by atoms with Gasteiger partial charge < -0.3 is 34.2 Å². The van der Waals surface area contributed by atoms with Gasteiger partial charge in [0.1, 0.15) is 4.99 Å². The van der Waals surface area contributed by atoms with Crippen molar-refractivity contribution >= 4 is 17.2 Å². The van der Waals surface area contributed by atoms with Gasteiger partial charge in [0, 0.05) is 19.8 Å². The number of benzene rings is 1. The molecule has 0 heterocycles. The maximum Gasteiger partial charge on any atom is 0.189 e. The predicted molar refractivity (Wildman–Crippen MR) is 89.0 cm³/mol. The summed E-state index contributed by atoms with van der Waals surface area (Å²) in [6.45, 7) is 2.01. The molecular formula is C15H23NO6S. The Bertz CT molecular complexity index is 471. The van der Waals surface area contributed by atoms with Gasteiger partial charge in [-0.3, -0.25) is 0 Å². The maximum atomic E-state index is 5.63. The predicted octanol–water partition coefficient (Wildman–Crippen LogP) is 1.32. The Hall–Kier alpha value is -1.45. The molecule has 0 spiro atoms. The molecule has 0 aliphatic rings. The minimum absolute atomic E-state index is 0.0606. The van der Waals surface area contributed by atoms with E-state index in [9.17, 15) is 0 Å². The molecule has 2 N–H and O–H groups in total. The summed E-state index contributed by atoms with van der Waals surface area (Å²) < 4.78 is 31.4. The summed E-state index contributed by atoms with van der Waals surface area (Å²) in [4.78, 5) is 0.276. The van der Waals surface area contributed by atoms with Gasteiger partial charge in [0.25, 0.3) is 0 Å². The van der Waals surface area contributed by atoms with Crippen LogP contribution in [0.3, 0.4) is 0 Å². The fourth-order valence-electron chi connectivity index (χ4n) is 1.51. The molecule has 1 aromatic carbocycles. The van der Waals surface area contributed by atoms with Crippen molar-refractivity contribution in [1.29, 1.82) is 0 Å². The molecule has 130 valence electrons. The van der Waals surface area contributed by atoms with Crippen LogP contribution in [-0.2, 0) is 18.9 Å². The zero-order chi connectivity index (χ0) is 16.9. The largest absolute Gasteiger partial charge is 0.464 e. The lowest BCUT2D eigenvalue weighted by molar-refractivity contribution is -0.0207. The molecule has 8 heteroatoms. The molecule has 1 aromatic rings. The number of thiocarbonyl (C=S) groups is 1. The first-order valence-electron chi connectivity index (χ1n) is 7.01. The van der Waals surface area contributed by atoms with Crippen LogP contribution in [0.1, 0.15) is 5.56 Å². The van der Waals surface area contributed by atoms with E-state index in [4.69, 9.17) is 46.4 Å². The molecular weight excluding hydrogens is 322 g/mol. The van der Waals surface area contributed by atoms with E-state index in [0.717, 1.165) is 0 Å². The van der Waals surface area contributed by atoms with E-state index in [1.165, 1.54) is 0 Å². The zero-order valence-corrected chi connectivity index (χ0v) is 14.2. The quantitative estimate of drug-likeness (QED) is 0.326. The third kappa shape index (κ3) is 8.10. The molecule has 0 amide bonds. The second-order valence-corrected chi connectivity index (χ2v) is 4.79. The summed E-state index contributed by atoms with van der Waals surface area (Å²) in [6.07, 6.45) is 0. The molecule has 0 bridgehead atoms. The molecule has 1 rings (SSSR count). The first-order valence-corrected chi connectivity index (χ1v) is 7.42. The number of nitrogens with two attached hydrogens (primary N) is 1. The van der Waals surface area contributed by atoms with Crippen molar-refractivity contribution in [2.45, 2.75) is 0 Å². The highest BCUT2D eigenvalue weighted by atomic mass is 32.1. The Morgan fingerprint density at radius 3 is 2.00 bits per heavy atom. The molecule has 0 aliphatic carbocycles. The smallest absolute Gasteiger partial charge is 0.189 e. The first-order chi connectivity index (χ1) is 11.2. The highest BCUT2D eigenvalue weighted by molar-refractivity contribution is 7.80. The summed E-state index contributed by atoms with van der Waals surface area (Å²) in [6, 6.07) is 5.18. The van der Waals surface area contributed by atoms with Gasteiger partial charge in [0.2, 0.25) is 0 Å². The number of methoxy groups -OCH3 is 2. The van der Waals surface area contributed by atoms with Crippen LogP contribution in [0.4, 0.5) is 0 Å². The SMILES string of the molecule is COCCOCOc1ccc(C(N)=S)cc1OCOCCOC. The average Bonchev–Trinajstić information content (AvgIpc) is 2.55. The monoisotopic (exact) mass is 345 g/mol. The molecule has 0 atom stereocenters. The van der Waals surface area contributed by atoms with Gasteiger partial charge in [-0.2, -0.15) is 0 Å². The second kappa shape index (κ2) is 12.0. The maximum absolute atomic E-state index is 5.63. The number of hydrogen-bond acceptors (Lipinski definition) is 7. The average molecular weight is 345 g/mol. The van der Waals surface area contributed by atoms with Crippen molar-refractivity contribution in [2.24, 2.45) is 5.73 Å². The number of rotatable bonds is 13. The van der Waals surface area contributed by atoms with Crippen LogP contribution in [0.2, 0.25) is 0 Å². The van der Waals surface area contributed by atoms with Crippen molar-refractivity contribution in [3.05, 3.63) is 23.8 Å². The normalized spacial score (nSPS) is 10.5. The van der Waals surface area contributed by atoms with E-state index in [1.54, 1.807) is 32.4 Å². The van der Waals surface area contributed by atoms with Crippen molar-refractivity contribution in [3.63, 3.8) is 0 Å². The molecule has 0 fully saturated rings. The Labute approximate surface area is 141 Å². The van der Waals surface area contributed by atoms with Crippen LogP contribution in [0.25, 0.3) is 0 Å². The molecule has 0 radical (unpaired) electrons. The van der Waals surface area contributed by atoms with Gasteiger partial charge in [-0.1, -0.05) is 12.2 Å². The van der Waals surface area contributed by atoms with E-state index in [-0.39, 0.29) is 18.6 Å². The van der Waals surface area contributed by atoms with E-state index in [0.29, 0.717) is 43.5 Å². The molecule has 7 nitrogen and oxygen atoms in total. The summed E-state index contributed by atoms with van der Waals surface area (Å²) in [5.41, 5.74) is 6.31. The third-order valence-corrected chi connectivity index (χ3v) is 2.92.